The minimum Gasteiger partial charge on any atom is -0.285 e. The molecular formula is C12H20N2. The van der Waals surface area contributed by atoms with Gasteiger partial charge in [-0.15, -0.1) is 0 Å². The second-order valence-electron chi connectivity index (χ2n) is 4.89. The average Bonchev–Trinajstić information content (AvgIpc) is 2.71. The fourth-order valence-corrected chi connectivity index (χ4v) is 2.60. The van der Waals surface area contributed by atoms with Gasteiger partial charge in [-0.05, 0) is 49.0 Å². The number of hydrogen-bond acceptors (Lipinski definition) is 1. The van der Waals surface area contributed by atoms with Crippen LogP contribution in [0.3, 0.4) is 0 Å². The molecule has 0 atom stereocenters. The Morgan fingerprint density at radius 2 is 2.00 bits per heavy atom. The summed E-state index contributed by atoms with van der Waals surface area (Å²) in [6.45, 7) is 4.70. The van der Waals surface area contributed by atoms with Crippen LogP contribution in [0.25, 0.3) is 0 Å². The predicted molar refractivity (Wildman–Crippen MR) is 58.1 cm³/mol. The summed E-state index contributed by atoms with van der Waals surface area (Å²) >= 11 is 0. The molecule has 0 unspecified atom stereocenters. The summed E-state index contributed by atoms with van der Waals surface area (Å²) in [5.41, 5.74) is 1.41. The lowest BCUT2D eigenvalue weighted by molar-refractivity contribution is 0.259. The van der Waals surface area contributed by atoms with Crippen LogP contribution >= 0.6 is 0 Å². The zero-order valence-corrected chi connectivity index (χ0v) is 9.16. The van der Waals surface area contributed by atoms with Crippen LogP contribution in [-0.4, -0.2) is 10.2 Å². The van der Waals surface area contributed by atoms with Gasteiger partial charge < -0.3 is 0 Å². The normalized spacial score (nSPS) is 28.2. The summed E-state index contributed by atoms with van der Waals surface area (Å²) < 4.78 is 0. The zero-order valence-electron chi connectivity index (χ0n) is 9.16. The van der Waals surface area contributed by atoms with E-state index in [1.54, 1.807) is 0 Å². The summed E-state index contributed by atoms with van der Waals surface area (Å²) in [5, 5.41) is 6.94. The van der Waals surface area contributed by atoms with Crippen molar-refractivity contribution in [2.75, 3.05) is 0 Å². The second-order valence-corrected chi connectivity index (χ2v) is 4.89. The van der Waals surface area contributed by atoms with Gasteiger partial charge in [0, 0.05) is 6.20 Å². The number of aromatic nitrogens is 2. The third-order valence-electron chi connectivity index (χ3n) is 3.71. The van der Waals surface area contributed by atoms with Gasteiger partial charge in [0.05, 0.1) is 6.20 Å². The molecule has 1 heterocycles. The first-order valence-electron chi connectivity index (χ1n) is 5.76. The Balaban J connectivity index is 1.90. The fraction of sp³-hybridized carbons (Fsp3) is 0.750. The van der Waals surface area contributed by atoms with E-state index in [1.807, 2.05) is 6.20 Å². The molecule has 2 rings (SSSR count). The van der Waals surface area contributed by atoms with E-state index in [0.29, 0.717) is 0 Å². The molecule has 78 valence electrons. The molecule has 0 amide bonds. The zero-order chi connectivity index (χ0) is 9.97. The molecule has 1 N–H and O–H groups in total. The Morgan fingerprint density at radius 3 is 2.50 bits per heavy atom. The third-order valence-corrected chi connectivity index (χ3v) is 3.71. The third kappa shape index (κ3) is 1.99. The molecule has 1 aromatic heterocycles. The highest BCUT2D eigenvalue weighted by atomic mass is 15.1. The number of H-pyrrole nitrogens is 1. The summed E-state index contributed by atoms with van der Waals surface area (Å²) in [4.78, 5) is 0. The fourth-order valence-electron chi connectivity index (χ4n) is 2.60. The number of nitrogens with one attached hydrogen (secondary N) is 1. The first-order valence-corrected chi connectivity index (χ1v) is 5.76. The van der Waals surface area contributed by atoms with Gasteiger partial charge >= 0.3 is 0 Å². The molecule has 0 spiro atoms. The standard InChI is InChI=1S/C12H20N2/c1-9(2)10-3-5-11(6-4-10)12-7-13-14-8-12/h7-11H,3-6H2,1-2H3,(H,13,14). The van der Waals surface area contributed by atoms with Gasteiger partial charge in [0.2, 0.25) is 0 Å². The molecule has 0 aromatic carbocycles. The summed E-state index contributed by atoms with van der Waals surface area (Å²) in [7, 11) is 0. The summed E-state index contributed by atoms with van der Waals surface area (Å²) in [6.07, 6.45) is 9.53. The highest BCUT2D eigenvalue weighted by molar-refractivity contribution is 5.11. The van der Waals surface area contributed by atoms with E-state index in [4.69, 9.17) is 0 Å². The average molecular weight is 192 g/mol. The smallest absolute Gasteiger partial charge is 0.0522 e. The largest absolute Gasteiger partial charge is 0.285 e. The topological polar surface area (TPSA) is 28.7 Å². The van der Waals surface area contributed by atoms with Crippen LogP contribution in [0.2, 0.25) is 0 Å². The van der Waals surface area contributed by atoms with Gasteiger partial charge in [0.1, 0.15) is 0 Å². The van der Waals surface area contributed by atoms with Crippen LogP contribution in [0.5, 0.6) is 0 Å². The van der Waals surface area contributed by atoms with E-state index >= 15 is 0 Å². The maximum absolute atomic E-state index is 4.03. The molecule has 2 heteroatoms. The van der Waals surface area contributed by atoms with Crippen molar-refractivity contribution in [3.8, 4) is 0 Å². The van der Waals surface area contributed by atoms with Crippen molar-refractivity contribution in [1.82, 2.24) is 10.2 Å². The Bertz CT molecular complexity index is 256. The first-order chi connectivity index (χ1) is 6.77. The molecule has 1 saturated carbocycles. The molecule has 2 nitrogen and oxygen atoms in total. The van der Waals surface area contributed by atoms with Crippen molar-refractivity contribution in [2.45, 2.75) is 45.4 Å². The lowest BCUT2D eigenvalue weighted by Gasteiger charge is -2.30. The van der Waals surface area contributed by atoms with Crippen LogP contribution in [-0.2, 0) is 0 Å². The second kappa shape index (κ2) is 4.16. The van der Waals surface area contributed by atoms with Crippen molar-refractivity contribution >= 4 is 0 Å². The highest BCUT2D eigenvalue weighted by Crippen LogP contribution is 2.38. The van der Waals surface area contributed by atoms with Crippen molar-refractivity contribution in [2.24, 2.45) is 11.8 Å². The van der Waals surface area contributed by atoms with Gasteiger partial charge in [-0.25, -0.2) is 0 Å². The van der Waals surface area contributed by atoms with Crippen LogP contribution in [0, 0.1) is 11.8 Å². The predicted octanol–water partition coefficient (Wildman–Crippen LogP) is 3.34. The van der Waals surface area contributed by atoms with E-state index < -0.39 is 0 Å². The summed E-state index contributed by atoms with van der Waals surface area (Å²) in [6, 6.07) is 0. The molecule has 0 saturated heterocycles. The molecule has 0 aliphatic heterocycles. The first kappa shape index (κ1) is 9.75. The molecule has 0 radical (unpaired) electrons. The molecule has 1 aliphatic rings. The van der Waals surface area contributed by atoms with Crippen LogP contribution in [0.15, 0.2) is 12.4 Å². The van der Waals surface area contributed by atoms with Gasteiger partial charge in [0.15, 0.2) is 0 Å². The molecule has 0 bridgehead atoms. The Kier molecular flexibility index (Phi) is 2.90. The summed E-state index contributed by atoms with van der Waals surface area (Å²) in [5.74, 6) is 2.59. The van der Waals surface area contributed by atoms with Gasteiger partial charge in [0.25, 0.3) is 0 Å². The minimum atomic E-state index is 0.767. The van der Waals surface area contributed by atoms with Crippen LogP contribution < -0.4 is 0 Å². The maximum Gasteiger partial charge on any atom is 0.0522 e. The number of rotatable bonds is 2. The molecule has 14 heavy (non-hydrogen) atoms. The van der Waals surface area contributed by atoms with E-state index in [-0.39, 0.29) is 0 Å². The number of hydrogen-bond donors (Lipinski definition) is 1. The van der Waals surface area contributed by atoms with E-state index in [9.17, 15) is 0 Å². The molecule has 1 aliphatic carbocycles. The SMILES string of the molecule is CC(C)C1CCC(c2cn[nH]c2)CC1. The number of aromatic amines is 1. The van der Waals surface area contributed by atoms with Crippen LogP contribution in [0.4, 0.5) is 0 Å². The highest BCUT2D eigenvalue weighted by Gasteiger charge is 2.24. The van der Waals surface area contributed by atoms with E-state index in [1.165, 1.54) is 31.2 Å². The van der Waals surface area contributed by atoms with Gasteiger partial charge in [-0.1, -0.05) is 13.8 Å². The van der Waals surface area contributed by atoms with Crippen molar-refractivity contribution < 1.29 is 0 Å². The Morgan fingerprint density at radius 1 is 1.29 bits per heavy atom. The quantitative estimate of drug-likeness (QED) is 0.765. The Labute approximate surface area is 86.1 Å². The molecule has 1 fully saturated rings. The van der Waals surface area contributed by atoms with Crippen molar-refractivity contribution in [1.29, 1.82) is 0 Å². The van der Waals surface area contributed by atoms with Crippen molar-refractivity contribution in [3.05, 3.63) is 18.0 Å². The Hall–Kier alpha value is -0.790. The lowest BCUT2D eigenvalue weighted by Crippen LogP contribution is -2.17. The van der Waals surface area contributed by atoms with Gasteiger partial charge in [-0.3, -0.25) is 5.10 Å². The monoisotopic (exact) mass is 192 g/mol. The van der Waals surface area contributed by atoms with E-state index in [2.05, 4.69) is 30.2 Å². The molecular weight excluding hydrogens is 172 g/mol. The maximum atomic E-state index is 4.03. The molecule has 1 aromatic rings. The minimum absolute atomic E-state index is 0.767. The van der Waals surface area contributed by atoms with Crippen molar-refractivity contribution in [3.63, 3.8) is 0 Å². The lowest BCUT2D eigenvalue weighted by atomic mass is 9.75. The van der Waals surface area contributed by atoms with Gasteiger partial charge in [-0.2, -0.15) is 5.10 Å². The van der Waals surface area contributed by atoms with E-state index in [0.717, 1.165) is 17.8 Å². The number of nitrogens with zero attached hydrogens (tertiary/aromatic N) is 1. The van der Waals surface area contributed by atoms with Crippen LogP contribution in [0.1, 0.15) is 51.0 Å².